The highest BCUT2D eigenvalue weighted by Crippen LogP contribution is 2.19. The Morgan fingerprint density at radius 2 is 1.08 bits per heavy atom. The second kappa shape index (κ2) is 18.2. The van der Waals surface area contributed by atoms with Crippen LogP contribution in [0.25, 0.3) is 0 Å². The molecule has 0 spiro atoms. The van der Waals surface area contributed by atoms with E-state index < -0.39 is 52.3 Å². The lowest BCUT2D eigenvalue weighted by Crippen LogP contribution is -2.42. The summed E-state index contributed by atoms with van der Waals surface area (Å²) in [6.07, 6.45) is -0.428. The molecule has 0 aromatic heterocycles. The Balaban J connectivity index is -0.000000154. The zero-order valence-electron chi connectivity index (χ0n) is 13.8. The van der Waals surface area contributed by atoms with Crippen LogP contribution >= 0.6 is 15.6 Å². The van der Waals surface area contributed by atoms with Gasteiger partial charge < -0.3 is 53.8 Å². The van der Waals surface area contributed by atoms with Crippen LogP contribution in [0.3, 0.4) is 0 Å². The van der Waals surface area contributed by atoms with Crippen molar-refractivity contribution in [3.63, 3.8) is 0 Å². The average molecular weight is 394 g/mol. The summed E-state index contributed by atoms with van der Waals surface area (Å²) in [5, 5.41) is 36.6. The Hall–Kier alpha value is -1.10. The van der Waals surface area contributed by atoms with Crippen molar-refractivity contribution in [3.05, 3.63) is 0 Å². The zero-order valence-corrected chi connectivity index (χ0v) is 15.6. The number of aliphatic hydroxyl groups excluding tert-OH is 2. The van der Waals surface area contributed by atoms with Gasteiger partial charge in [-0.1, -0.05) is 9.13 Å². The first-order valence-corrected chi connectivity index (χ1v) is 9.40. The fourth-order valence-corrected chi connectivity index (χ4v) is 2.36. The van der Waals surface area contributed by atoms with E-state index in [-0.39, 0.29) is 37.5 Å². The molecule has 14 N–H and O–H groups in total. The molecule has 0 amide bonds. The van der Waals surface area contributed by atoms with E-state index in [1.54, 1.807) is 0 Å². The van der Waals surface area contributed by atoms with E-state index in [1.807, 2.05) is 0 Å². The van der Waals surface area contributed by atoms with Crippen LogP contribution in [0.15, 0.2) is 0 Å². The van der Waals surface area contributed by atoms with Crippen molar-refractivity contribution in [1.82, 2.24) is 12.3 Å². The third-order valence-corrected chi connectivity index (χ3v) is 4.44. The van der Waals surface area contributed by atoms with Crippen LogP contribution in [0.5, 0.6) is 0 Å². The molecule has 14 heteroatoms. The van der Waals surface area contributed by atoms with Crippen LogP contribution in [0.1, 0.15) is 12.8 Å². The first-order valence-electron chi connectivity index (χ1n) is 6.14. The van der Waals surface area contributed by atoms with E-state index in [4.69, 9.17) is 21.7 Å². The van der Waals surface area contributed by atoms with Gasteiger partial charge in [-0.15, -0.1) is 0 Å². The van der Waals surface area contributed by atoms with Crippen molar-refractivity contribution in [3.8, 4) is 0 Å². The number of nitrogens with two attached hydrogens (primary N) is 2. The fourth-order valence-electron chi connectivity index (χ4n) is 0.943. The highest BCUT2D eigenvalue weighted by molar-refractivity contribution is 7.44. The summed E-state index contributed by atoms with van der Waals surface area (Å²) in [5.41, 5.74) is 10.1. The van der Waals surface area contributed by atoms with Crippen molar-refractivity contribution in [2.45, 2.75) is 24.9 Å². The number of carbonyl (C=O) groups excluding carboxylic acids is 2. The van der Waals surface area contributed by atoms with Gasteiger partial charge in [0.25, 0.3) is 0 Å². The predicted octanol–water partition coefficient (Wildman–Crippen LogP) is -2.79. The average Bonchev–Trinajstić information content (AvgIpc) is 2.49. The van der Waals surface area contributed by atoms with Gasteiger partial charge in [-0.05, 0) is 0 Å². The fraction of sp³-hybridized carbons (Fsp3) is 0.800. The molecule has 12 nitrogen and oxygen atoms in total. The van der Waals surface area contributed by atoms with Crippen molar-refractivity contribution >= 4 is 27.5 Å². The Bertz CT molecular complexity index is 363. The van der Waals surface area contributed by atoms with E-state index in [2.05, 4.69) is 0 Å². The van der Waals surface area contributed by atoms with Crippen molar-refractivity contribution in [1.29, 1.82) is 0 Å². The molecule has 0 aliphatic rings. The van der Waals surface area contributed by atoms with Gasteiger partial charge in [-0.3, -0.25) is 0 Å². The lowest BCUT2D eigenvalue weighted by atomic mass is 10.2. The lowest BCUT2D eigenvalue weighted by molar-refractivity contribution is -0.308. The zero-order chi connectivity index (χ0) is 17.7. The molecule has 0 heterocycles. The van der Waals surface area contributed by atoms with Crippen LogP contribution in [0, 0.1) is 0 Å². The summed E-state index contributed by atoms with van der Waals surface area (Å²) in [5.74, 6) is -2.71. The minimum Gasteiger partial charge on any atom is -0.548 e. The molecule has 0 aliphatic carbocycles. The molecule has 0 saturated heterocycles. The van der Waals surface area contributed by atoms with Gasteiger partial charge in [0.05, 0.1) is 11.9 Å². The highest BCUT2D eigenvalue weighted by atomic mass is 31.1. The number of hydrogen-bond donors (Lipinski definition) is 6. The molecule has 0 aromatic carbocycles. The molecule has 0 saturated carbocycles. The largest absolute Gasteiger partial charge is 0.548 e. The normalized spacial score (nSPS) is 13.0. The third kappa shape index (κ3) is 18.9. The molecular formula is C10H28N4O8P2+2. The Labute approximate surface area is 141 Å². The molecule has 0 aliphatic heterocycles. The third-order valence-electron chi connectivity index (χ3n) is 2.30. The van der Waals surface area contributed by atoms with Crippen LogP contribution in [0.2, 0.25) is 0 Å². The molecule has 24 heavy (non-hydrogen) atoms. The first kappa shape index (κ1) is 30.7. The molecule has 4 atom stereocenters. The molecule has 0 aromatic rings. The van der Waals surface area contributed by atoms with Gasteiger partial charge in [0.15, 0.2) is 0 Å². The lowest BCUT2D eigenvalue weighted by Gasteiger charge is -2.07. The Kier molecular flexibility index (Phi) is 23.4. The topological polar surface area (TPSA) is 280 Å². The highest BCUT2D eigenvalue weighted by Gasteiger charge is 2.16. The maximum absolute atomic E-state index is 10.6. The minimum atomic E-state index is -1.70. The summed E-state index contributed by atoms with van der Waals surface area (Å²) >= 11 is 0. The summed E-state index contributed by atoms with van der Waals surface area (Å²) in [7, 11) is -3.40. The second-order valence-electron chi connectivity index (χ2n) is 4.12. The van der Waals surface area contributed by atoms with Crippen molar-refractivity contribution < 1.29 is 39.1 Å². The number of hydrogen-bond acceptors (Lipinski definition) is 10. The second-order valence-corrected chi connectivity index (χ2v) is 7.51. The molecule has 144 valence electrons. The summed E-state index contributed by atoms with van der Waals surface area (Å²) in [6, 6.07) is -2.17. The standard InChI is InChI=1S/2C5H10NO4P.2H3N/c2*6-4(5(8)9)1-2-11(10)3-7;;/h2*4,7H,1-3,6H2;2*1H3/p+2. The van der Waals surface area contributed by atoms with Crippen LogP contribution in [-0.4, -0.2) is 59.3 Å². The number of carboxylic acids is 2. The number of carboxylic acid groups (broad SMARTS) is 2. The van der Waals surface area contributed by atoms with Crippen LogP contribution in [-0.2, 0) is 18.7 Å². The number of aliphatic hydroxyl groups is 2. The van der Waals surface area contributed by atoms with Crippen molar-refractivity contribution in [2.24, 2.45) is 11.5 Å². The van der Waals surface area contributed by atoms with Gasteiger partial charge in [-0.2, -0.15) is 0 Å². The first-order chi connectivity index (χ1) is 10.1. The summed E-state index contributed by atoms with van der Waals surface area (Å²) in [6.45, 7) is 0. The Morgan fingerprint density at radius 3 is 1.25 bits per heavy atom. The van der Waals surface area contributed by atoms with Gasteiger partial charge in [0.1, 0.15) is 12.3 Å². The van der Waals surface area contributed by atoms with Gasteiger partial charge in [-0.25, -0.2) is 0 Å². The monoisotopic (exact) mass is 394 g/mol. The van der Waals surface area contributed by atoms with E-state index in [1.165, 1.54) is 0 Å². The maximum atomic E-state index is 10.6. The summed E-state index contributed by atoms with van der Waals surface area (Å²) < 4.78 is 21.1. The number of carbonyl (C=O) groups is 2. The minimum absolute atomic E-state index is 0. The molecule has 4 unspecified atom stereocenters. The molecule has 0 rings (SSSR count). The number of aliphatic carboxylic acids is 2. The van der Waals surface area contributed by atoms with Gasteiger partial charge in [0.2, 0.25) is 12.7 Å². The predicted molar refractivity (Wildman–Crippen MR) is 86.3 cm³/mol. The number of quaternary nitrogens is 2. The van der Waals surface area contributed by atoms with Crippen LogP contribution < -0.4 is 34.0 Å². The van der Waals surface area contributed by atoms with Crippen molar-refractivity contribution in [2.75, 3.05) is 25.0 Å². The van der Waals surface area contributed by atoms with Crippen LogP contribution in [0.4, 0.5) is 0 Å². The van der Waals surface area contributed by atoms with Gasteiger partial charge >= 0.3 is 15.6 Å². The SMILES string of the molecule is NC(CC[P+](=O)CO)C(=O)[O-].NC(CC[P+](=O)CO)C(=O)[O-].[NH4+].[NH4+]. The maximum Gasteiger partial charge on any atom is 0.366 e. The Morgan fingerprint density at radius 1 is 0.833 bits per heavy atom. The van der Waals surface area contributed by atoms with E-state index in [0.29, 0.717) is 0 Å². The molecule has 0 bridgehead atoms. The molecule has 0 fully saturated rings. The summed E-state index contributed by atoms with van der Waals surface area (Å²) in [4.78, 5) is 20.0. The van der Waals surface area contributed by atoms with Gasteiger partial charge in [0, 0.05) is 24.9 Å². The smallest absolute Gasteiger partial charge is 0.366 e. The number of rotatable bonds is 10. The quantitative estimate of drug-likeness (QED) is 0.207. The van der Waals surface area contributed by atoms with E-state index >= 15 is 0 Å². The van der Waals surface area contributed by atoms with E-state index in [9.17, 15) is 28.9 Å². The molecule has 0 radical (unpaired) electrons. The van der Waals surface area contributed by atoms with E-state index in [0.717, 1.165) is 0 Å². The molecular weight excluding hydrogens is 366 g/mol.